The van der Waals surface area contributed by atoms with E-state index >= 15 is 0 Å². The van der Waals surface area contributed by atoms with E-state index in [1.165, 1.54) is 163 Å². The molecule has 5 saturated heterocycles. The number of nitrogens with zero attached hydrogens (tertiary/aromatic N) is 8. The van der Waals surface area contributed by atoms with E-state index in [0.29, 0.717) is 16.5 Å². The van der Waals surface area contributed by atoms with E-state index in [-0.39, 0.29) is 7.43 Å². The first-order chi connectivity index (χ1) is 35.2. The number of piperidine rings is 3. The second-order valence-electron chi connectivity index (χ2n) is 23.6. The molecule has 6 aliphatic heterocycles. The highest BCUT2D eigenvalue weighted by molar-refractivity contribution is 8.14. The Hall–Kier alpha value is -2.24. The van der Waals surface area contributed by atoms with Crippen molar-refractivity contribution in [3.8, 4) is 0 Å². The van der Waals surface area contributed by atoms with Crippen molar-refractivity contribution in [1.29, 1.82) is 0 Å². The zero-order valence-electron chi connectivity index (χ0n) is 52.5. The average molecular weight is 1070 g/mol. The van der Waals surface area contributed by atoms with Crippen molar-refractivity contribution in [2.45, 2.75) is 223 Å². The third-order valence-electron chi connectivity index (χ3n) is 16.5. The zero-order chi connectivity index (χ0) is 55.6. The van der Waals surface area contributed by atoms with Gasteiger partial charge in [0, 0.05) is 93.3 Å². The summed E-state index contributed by atoms with van der Waals surface area (Å²) in [6.45, 7) is 32.0. The van der Waals surface area contributed by atoms with Gasteiger partial charge in [-0.05, 0) is 221 Å². The summed E-state index contributed by atoms with van der Waals surface area (Å²) in [6.07, 6.45) is 28.6. The van der Waals surface area contributed by atoms with Crippen LogP contribution in [0, 0.1) is 18.8 Å². The van der Waals surface area contributed by atoms with Crippen LogP contribution in [-0.2, 0) is 33.5 Å². The molecule has 2 aromatic heterocycles. The predicted octanol–water partition coefficient (Wildman–Crippen LogP) is 15.3. The molecule has 438 valence electrons. The molecule has 75 heavy (non-hydrogen) atoms. The van der Waals surface area contributed by atoms with Crippen molar-refractivity contribution in [2.75, 3.05) is 86.6 Å². The van der Waals surface area contributed by atoms with Gasteiger partial charge in [0.1, 0.15) is 0 Å². The highest BCUT2D eigenvalue weighted by Gasteiger charge is 2.19. The molecule has 1 saturated carbocycles. The van der Waals surface area contributed by atoms with E-state index in [1.54, 1.807) is 0 Å². The number of likely N-dealkylation sites (tertiary alicyclic amines) is 4. The molecule has 1 aromatic carbocycles. The standard InChI is InChI=1S/C11H15N.3C7H15N.C7H11N.C6H13NS.C6H9N.C6H13N.C6H12.C2H6.CH4/c1-9-7-10-5-3-4-6-11(10)8-12(9)2;1-7-4-3-5-8(2)6-7;2*1-7-5-3-4-6-8(7)2;1-3-7-5-4-6-8(7)2;1-6-4-8(3)5-7(6)2;1-6-3-4-7(2)5-6;1-6-4-3-5-7(6)2;1-6-4-2-3-5-6;1-2;/h3-6,9H,7-8H2,1-2H3;3*7H,3-6H2,1-2H3;4-6H,3H2,1-2H3;6H,3-5H2,1-2H3;3-5H,1-2H3;6H,3-5H2,1-2H3;6H,2-5H2,1H3;1-2H3;1H4. The molecule has 0 amide bonds. The van der Waals surface area contributed by atoms with Crippen LogP contribution < -0.4 is 0 Å². The Morgan fingerprint density at radius 2 is 1.01 bits per heavy atom. The monoisotopic (exact) mass is 1060 g/mol. The summed E-state index contributed by atoms with van der Waals surface area (Å²) in [4.78, 5) is 14.5. The number of rotatable bonds is 1. The van der Waals surface area contributed by atoms with Gasteiger partial charge in [0.25, 0.3) is 0 Å². The zero-order valence-corrected chi connectivity index (χ0v) is 53.3. The number of likely N-dealkylation sites (N-methyl/N-ethyl adjacent to an activating group) is 1. The molecule has 0 radical (unpaired) electrons. The molecular weight excluding hydrogens is 937 g/mol. The van der Waals surface area contributed by atoms with Crippen molar-refractivity contribution >= 4 is 16.4 Å². The summed E-state index contributed by atoms with van der Waals surface area (Å²) in [5.74, 6) is 8.52. The largest absolute Gasteiger partial charge is 0.357 e. The summed E-state index contributed by atoms with van der Waals surface area (Å²) < 4.78 is 4.18. The fraction of sp³-hybridized carbons (Fsp3) is 0.773. The summed E-state index contributed by atoms with van der Waals surface area (Å²) in [5.41, 5.74) is 5.74. The topological polar surface area (TPSA) is 29.3 Å². The number of hydrogen-bond acceptors (Lipinski definition) is 6. The number of benzene rings is 1. The predicted molar refractivity (Wildman–Crippen MR) is 343 cm³/mol. The lowest BCUT2D eigenvalue weighted by molar-refractivity contribution is 0.200. The molecule has 9 heteroatoms. The lowest BCUT2D eigenvalue weighted by Crippen LogP contribution is -2.34. The van der Waals surface area contributed by atoms with Crippen molar-refractivity contribution in [3.63, 3.8) is 0 Å². The molecule has 0 N–H and O–H groups in total. The van der Waals surface area contributed by atoms with Gasteiger partial charge in [-0.1, -0.05) is 111 Å². The number of fused-ring (bicyclic) bond motifs is 1. The van der Waals surface area contributed by atoms with Gasteiger partial charge in [-0.15, -0.1) is 0 Å². The maximum atomic E-state index is 4.02. The van der Waals surface area contributed by atoms with E-state index < -0.39 is 0 Å². The van der Waals surface area contributed by atoms with Crippen LogP contribution in [0.1, 0.15) is 189 Å². The van der Waals surface area contributed by atoms with E-state index in [1.807, 2.05) is 31.7 Å². The van der Waals surface area contributed by atoms with Gasteiger partial charge in [-0.25, -0.2) is 0 Å². The normalized spacial score (nSPS) is 25.9. The van der Waals surface area contributed by atoms with Gasteiger partial charge in [0.15, 0.2) is 0 Å². The van der Waals surface area contributed by atoms with E-state index in [9.17, 15) is 0 Å². The van der Waals surface area contributed by atoms with Gasteiger partial charge in [-0.3, -0.25) is 9.80 Å². The highest BCUT2D eigenvalue weighted by atomic mass is 32.2. The average Bonchev–Trinajstić information content (AvgIpc) is 4.24. The van der Waals surface area contributed by atoms with Crippen LogP contribution in [0.3, 0.4) is 0 Å². The molecule has 0 bridgehead atoms. The first-order valence-corrected chi connectivity index (χ1v) is 31.9. The van der Waals surface area contributed by atoms with E-state index in [2.05, 4.69) is 206 Å². The van der Waals surface area contributed by atoms with Gasteiger partial charge in [0.2, 0.25) is 0 Å². The summed E-state index contributed by atoms with van der Waals surface area (Å²) >= 11 is 0. The van der Waals surface area contributed by atoms with Crippen LogP contribution in [0.5, 0.6) is 0 Å². The fourth-order valence-electron chi connectivity index (χ4n) is 10.4. The second kappa shape index (κ2) is 42.7. The first-order valence-electron chi connectivity index (χ1n) is 30.1. The Labute approximate surface area is 471 Å². The van der Waals surface area contributed by atoms with Crippen LogP contribution in [0.25, 0.3) is 0 Å². The molecule has 7 aliphatic rings. The van der Waals surface area contributed by atoms with E-state index in [4.69, 9.17) is 0 Å². The number of hydrogen-bond donors (Lipinski definition) is 0. The minimum atomic E-state index is 0. The Balaban J connectivity index is 0.000000821. The van der Waals surface area contributed by atoms with Crippen molar-refractivity contribution < 1.29 is 0 Å². The van der Waals surface area contributed by atoms with Crippen molar-refractivity contribution in [2.24, 2.45) is 25.9 Å². The Morgan fingerprint density at radius 1 is 0.520 bits per heavy atom. The summed E-state index contributed by atoms with van der Waals surface area (Å²) in [6, 6.07) is 19.0. The summed E-state index contributed by atoms with van der Waals surface area (Å²) in [7, 11) is 17.7. The summed E-state index contributed by atoms with van der Waals surface area (Å²) in [5, 5.41) is 0. The van der Waals surface area contributed by atoms with Crippen LogP contribution in [0.2, 0.25) is 0 Å². The first kappa shape index (κ1) is 72.8. The quantitative estimate of drug-likeness (QED) is 0.226. The fourth-order valence-corrected chi connectivity index (χ4v) is 12.2. The smallest absolute Gasteiger partial charge is 0.0390 e. The SMILES string of the molecule is C.C=S1CC(C)N(C)C1.CC.CC1CCCC1.CC1CCCCN1C.CC1CCCCN1C.CC1CCCN(C)C1.CC1CCCN1C.CC1Cc2ccccc2CN1C.CCc1cccn1C.Cc1ccn(C)c1. The maximum absolute atomic E-state index is 4.02. The lowest BCUT2D eigenvalue weighted by Gasteiger charge is -2.31. The van der Waals surface area contributed by atoms with E-state index in [0.717, 1.165) is 49.0 Å². The molecule has 0 spiro atoms. The molecule has 7 atom stereocenters. The van der Waals surface area contributed by atoms with Crippen LogP contribution >= 0.6 is 10.5 Å². The lowest BCUT2D eigenvalue weighted by atomic mass is 9.96. The van der Waals surface area contributed by atoms with Crippen molar-refractivity contribution in [1.82, 2.24) is 38.5 Å². The minimum absolute atomic E-state index is 0. The molecule has 8 nitrogen and oxygen atoms in total. The van der Waals surface area contributed by atoms with Gasteiger partial charge in [0.05, 0.1) is 0 Å². The van der Waals surface area contributed by atoms with Crippen molar-refractivity contribution in [3.05, 3.63) is 83.4 Å². The Bertz CT molecular complexity index is 1690. The highest BCUT2D eigenvalue weighted by Crippen LogP contribution is 2.24. The van der Waals surface area contributed by atoms with Crippen LogP contribution in [-0.4, -0.2) is 161 Å². The molecule has 1 aliphatic carbocycles. The molecule has 10 rings (SSSR count). The van der Waals surface area contributed by atoms with Crippen LogP contribution in [0.15, 0.2) is 61.1 Å². The third kappa shape index (κ3) is 33.1. The Kier molecular flexibility index (Phi) is 41.4. The third-order valence-corrected chi connectivity index (χ3v) is 18.2. The second-order valence-corrected chi connectivity index (χ2v) is 25.4. The van der Waals surface area contributed by atoms with Gasteiger partial charge >= 0.3 is 0 Å². The Morgan fingerprint density at radius 3 is 1.29 bits per heavy atom. The minimum Gasteiger partial charge on any atom is -0.357 e. The number of aromatic nitrogens is 2. The molecular formula is C66H128N8S. The van der Waals surface area contributed by atoms with Gasteiger partial charge < -0.3 is 28.7 Å². The maximum Gasteiger partial charge on any atom is 0.0390 e. The molecule has 8 heterocycles. The molecule has 7 unspecified atom stereocenters. The molecule has 6 fully saturated rings. The number of aryl methyl sites for hydroxylation is 4. The van der Waals surface area contributed by atoms with Crippen LogP contribution in [0.4, 0.5) is 0 Å². The molecule has 3 aromatic rings. The van der Waals surface area contributed by atoms with Gasteiger partial charge in [-0.2, -0.15) is 10.5 Å².